The smallest absolute Gasteiger partial charge is 0.194 e. The van der Waals surface area contributed by atoms with Crippen LogP contribution in [0.2, 0.25) is 0 Å². The molecule has 0 aliphatic carbocycles. The lowest BCUT2D eigenvalue weighted by Crippen LogP contribution is -2.02. The molecule has 4 heteroatoms. The number of ketones is 1. The van der Waals surface area contributed by atoms with Gasteiger partial charge in [-0.25, -0.2) is 8.78 Å². The van der Waals surface area contributed by atoms with Gasteiger partial charge in [0.25, 0.3) is 0 Å². The molecular formula is C9H6F2O2. The Bertz CT molecular complexity index is 338. The van der Waals surface area contributed by atoms with Gasteiger partial charge in [0.15, 0.2) is 5.78 Å². The fourth-order valence-electron chi connectivity index (χ4n) is 0.884. The van der Waals surface area contributed by atoms with Gasteiger partial charge in [0.2, 0.25) is 0 Å². The maximum absolute atomic E-state index is 12.8. The molecule has 1 aromatic carbocycles. The number of halogens is 2. The number of benzene rings is 1. The van der Waals surface area contributed by atoms with E-state index in [2.05, 4.69) is 0 Å². The normalized spacial score (nSPS) is 10.6. The Morgan fingerprint density at radius 1 is 1.31 bits per heavy atom. The molecule has 0 aliphatic heterocycles. The molecule has 0 bridgehead atoms. The van der Waals surface area contributed by atoms with Gasteiger partial charge in [-0.15, -0.1) is 0 Å². The van der Waals surface area contributed by atoms with E-state index < -0.39 is 23.0 Å². The average Bonchev–Trinajstić information content (AvgIpc) is 2.04. The predicted molar refractivity (Wildman–Crippen MR) is 42.5 cm³/mol. The summed E-state index contributed by atoms with van der Waals surface area (Å²) in [5, 5.41) is 8.23. The summed E-state index contributed by atoms with van der Waals surface area (Å²) in [5.74, 6) is -2.79. The third kappa shape index (κ3) is 1.90. The molecule has 0 radical (unpaired) electrons. The van der Waals surface area contributed by atoms with Gasteiger partial charge in [0.05, 0.1) is 11.8 Å². The lowest BCUT2D eigenvalue weighted by molar-refractivity contribution is 0.103. The first-order chi connectivity index (χ1) is 6.16. The molecule has 0 aromatic heterocycles. The van der Waals surface area contributed by atoms with Crippen LogP contribution in [-0.4, -0.2) is 10.9 Å². The minimum absolute atomic E-state index is 0.439. The molecule has 0 saturated heterocycles. The number of hydrogen-bond acceptors (Lipinski definition) is 2. The molecule has 13 heavy (non-hydrogen) atoms. The summed E-state index contributed by atoms with van der Waals surface area (Å²) in [6.45, 7) is 0. The SMILES string of the molecule is O=C(/C=C/O)c1c(F)cccc1F. The number of aliphatic hydroxyl groups is 1. The van der Waals surface area contributed by atoms with Gasteiger partial charge in [0, 0.05) is 6.08 Å². The summed E-state index contributed by atoms with van der Waals surface area (Å²) in [7, 11) is 0. The molecule has 0 aliphatic rings. The maximum atomic E-state index is 12.8. The third-order valence-electron chi connectivity index (χ3n) is 1.44. The van der Waals surface area contributed by atoms with Crippen LogP contribution in [0.3, 0.4) is 0 Å². The predicted octanol–water partition coefficient (Wildman–Crippen LogP) is 2.22. The molecule has 0 atom stereocenters. The zero-order valence-corrected chi connectivity index (χ0v) is 6.50. The molecule has 2 nitrogen and oxygen atoms in total. The number of carbonyl (C=O) groups is 1. The molecular weight excluding hydrogens is 178 g/mol. The van der Waals surface area contributed by atoms with Crippen molar-refractivity contribution in [3.8, 4) is 0 Å². The van der Waals surface area contributed by atoms with Crippen LogP contribution in [0.1, 0.15) is 10.4 Å². The average molecular weight is 184 g/mol. The quantitative estimate of drug-likeness (QED) is 0.434. The van der Waals surface area contributed by atoms with Gasteiger partial charge in [0.1, 0.15) is 11.6 Å². The van der Waals surface area contributed by atoms with E-state index in [0.29, 0.717) is 12.3 Å². The van der Waals surface area contributed by atoms with E-state index in [1.807, 2.05) is 0 Å². The molecule has 1 rings (SSSR count). The molecule has 1 aromatic rings. The van der Waals surface area contributed by atoms with E-state index in [9.17, 15) is 13.6 Å². The summed E-state index contributed by atoms with van der Waals surface area (Å²) in [4.78, 5) is 11.0. The second-order valence-electron chi connectivity index (χ2n) is 2.28. The van der Waals surface area contributed by atoms with Crippen molar-refractivity contribution in [2.75, 3.05) is 0 Å². The highest BCUT2D eigenvalue weighted by Gasteiger charge is 2.13. The van der Waals surface area contributed by atoms with Crippen molar-refractivity contribution >= 4 is 5.78 Å². The third-order valence-corrected chi connectivity index (χ3v) is 1.44. The van der Waals surface area contributed by atoms with Crippen LogP contribution in [0.4, 0.5) is 8.78 Å². The van der Waals surface area contributed by atoms with Crippen LogP contribution >= 0.6 is 0 Å². The van der Waals surface area contributed by atoms with Gasteiger partial charge in [-0.05, 0) is 12.1 Å². The van der Waals surface area contributed by atoms with Crippen LogP contribution in [0.5, 0.6) is 0 Å². The molecule has 68 valence electrons. The minimum atomic E-state index is -0.942. The molecule has 0 fully saturated rings. The zero-order chi connectivity index (χ0) is 9.84. The van der Waals surface area contributed by atoms with Crippen molar-refractivity contribution in [2.24, 2.45) is 0 Å². The van der Waals surface area contributed by atoms with Crippen LogP contribution in [0, 0.1) is 11.6 Å². The summed E-state index contributed by atoms with van der Waals surface area (Å²) in [6.07, 6.45) is 1.12. The topological polar surface area (TPSA) is 37.3 Å². The highest BCUT2D eigenvalue weighted by Crippen LogP contribution is 2.12. The first-order valence-electron chi connectivity index (χ1n) is 3.46. The van der Waals surface area contributed by atoms with Crippen molar-refractivity contribution in [3.63, 3.8) is 0 Å². The standard InChI is InChI=1S/C9H6F2O2/c10-6-2-1-3-7(11)9(6)8(13)4-5-12/h1-5,12H/b5-4+. The van der Waals surface area contributed by atoms with Gasteiger partial charge < -0.3 is 5.11 Å². The number of aliphatic hydroxyl groups excluding tert-OH is 1. The molecule has 0 amide bonds. The van der Waals surface area contributed by atoms with Gasteiger partial charge in [-0.2, -0.15) is 0 Å². The molecule has 0 spiro atoms. The van der Waals surface area contributed by atoms with Crippen molar-refractivity contribution in [1.82, 2.24) is 0 Å². The number of rotatable bonds is 2. The van der Waals surface area contributed by atoms with E-state index in [1.165, 1.54) is 0 Å². The number of hydrogen-bond donors (Lipinski definition) is 1. The highest BCUT2D eigenvalue weighted by atomic mass is 19.1. The monoisotopic (exact) mass is 184 g/mol. The fourth-order valence-corrected chi connectivity index (χ4v) is 0.884. The van der Waals surface area contributed by atoms with Crippen molar-refractivity contribution in [3.05, 3.63) is 47.7 Å². The number of allylic oxidation sites excluding steroid dienone is 1. The van der Waals surface area contributed by atoms with Gasteiger partial charge in [-0.3, -0.25) is 4.79 Å². The highest BCUT2D eigenvalue weighted by molar-refractivity contribution is 6.04. The lowest BCUT2D eigenvalue weighted by Gasteiger charge is -1.98. The van der Waals surface area contributed by atoms with Crippen LogP contribution in [-0.2, 0) is 0 Å². The van der Waals surface area contributed by atoms with Gasteiger partial charge >= 0.3 is 0 Å². The second kappa shape index (κ2) is 3.80. The summed E-state index contributed by atoms with van der Waals surface area (Å²) < 4.78 is 25.7. The molecule has 0 saturated carbocycles. The Labute approximate surface area is 73.1 Å². The maximum Gasteiger partial charge on any atom is 0.194 e. The first-order valence-corrected chi connectivity index (χ1v) is 3.46. The first kappa shape index (κ1) is 9.38. The van der Waals surface area contributed by atoms with E-state index in [0.717, 1.165) is 18.2 Å². The van der Waals surface area contributed by atoms with Crippen molar-refractivity contribution in [2.45, 2.75) is 0 Å². The Morgan fingerprint density at radius 3 is 2.31 bits per heavy atom. The summed E-state index contributed by atoms with van der Waals surface area (Å²) in [6, 6.07) is 3.10. The zero-order valence-electron chi connectivity index (χ0n) is 6.50. The van der Waals surface area contributed by atoms with Crippen molar-refractivity contribution < 1.29 is 18.7 Å². The molecule has 1 N–H and O–H groups in total. The Kier molecular flexibility index (Phi) is 2.74. The lowest BCUT2D eigenvalue weighted by atomic mass is 10.1. The Hall–Kier alpha value is -1.71. The largest absolute Gasteiger partial charge is 0.515 e. The minimum Gasteiger partial charge on any atom is -0.515 e. The van der Waals surface area contributed by atoms with E-state index in [4.69, 9.17) is 5.11 Å². The van der Waals surface area contributed by atoms with E-state index in [1.54, 1.807) is 0 Å². The Morgan fingerprint density at radius 2 is 1.85 bits per heavy atom. The van der Waals surface area contributed by atoms with Crippen LogP contribution < -0.4 is 0 Å². The van der Waals surface area contributed by atoms with Crippen molar-refractivity contribution in [1.29, 1.82) is 0 Å². The molecule has 0 unspecified atom stereocenters. The van der Waals surface area contributed by atoms with Gasteiger partial charge in [-0.1, -0.05) is 6.07 Å². The number of carbonyl (C=O) groups excluding carboxylic acids is 1. The molecule has 0 heterocycles. The summed E-state index contributed by atoms with van der Waals surface area (Å²) in [5.41, 5.74) is -0.659. The van der Waals surface area contributed by atoms with Crippen LogP contribution in [0.25, 0.3) is 0 Å². The Balaban J connectivity index is 3.20. The van der Waals surface area contributed by atoms with Crippen LogP contribution in [0.15, 0.2) is 30.5 Å². The summed E-state index contributed by atoms with van der Waals surface area (Å²) >= 11 is 0. The fraction of sp³-hybridized carbons (Fsp3) is 0. The van der Waals surface area contributed by atoms with E-state index in [-0.39, 0.29) is 0 Å². The second-order valence-corrected chi connectivity index (χ2v) is 2.28. The van der Waals surface area contributed by atoms with E-state index >= 15 is 0 Å².